The van der Waals surface area contributed by atoms with Crippen molar-refractivity contribution >= 4 is 15.9 Å². The number of hydrogen-bond acceptors (Lipinski definition) is 4. The van der Waals surface area contributed by atoms with Crippen molar-refractivity contribution in [1.82, 2.24) is 9.97 Å². The summed E-state index contributed by atoms with van der Waals surface area (Å²) in [5.41, 5.74) is 6.57. The van der Waals surface area contributed by atoms with Gasteiger partial charge in [0, 0.05) is 16.1 Å². The molecule has 1 aromatic heterocycles. The molecule has 4 nitrogen and oxygen atoms in total. The maximum absolute atomic E-state index is 5.61. The summed E-state index contributed by atoms with van der Waals surface area (Å²) in [7, 11) is 0. The van der Waals surface area contributed by atoms with Crippen molar-refractivity contribution in [3.8, 4) is 17.1 Å². The van der Waals surface area contributed by atoms with Gasteiger partial charge in [0.1, 0.15) is 6.61 Å². The van der Waals surface area contributed by atoms with Gasteiger partial charge >= 0.3 is 0 Å². The monoisotopic (exact) mass is 307 g/mol. The van der Waals surface area contributed by atoms with Gasteiger partial charge in [0.15, 0.2) is 11.6 Å². The van der Waals surface area contributed by atoms with Crippen LogP contribution in [0.3, 0.4) is 0 Å². The number of ether oxygens (including phenoxy) is 1. The summed E-state index contributed by atoms with van der Waals surface area (Å²) in [5.74, 6) is 1.31. The van der Waals surface area contributed by atoms with Crippen molar-refractivity contribution in [3.63, 3.8) is 0 Å². The lowest BCUT2D eigenvalue weighted by atomic mass is 10.2. The highest BCUT2D eigenvalue weighted by Crippen LogP contribution is 2.19. The first-order valence-corrected chi connectivity index (χ1v) is 6.41. The number of aromatic nitrogens is 2. The summed E-state index contributed by atoms with van der Waals surface area (Å²) in [6.45, 7) is 2.35. The lowest BCUT2D eigenvalue weighted by molar-refractivity contribution is 0.294. The van der Waals surface area contributed by atoms with Gasteiger partial charge in [-0.3, -0.25) is 0 Å². The van der Waals surface area contributed by atoms with E-state index in [-0.39, 0.29) is 6.04 Å². The molecule has 0 fully saturated rings. The number of nitrogens with zero attached hydrogens (tertiary/aromatic N) is 2. The third-order valence-electron chi connectivity index (χ3n) is 2.24. The number of nitrogens with two attached hydrogens (primary N) is 1. The molecule has 2 aromatic rings. The van der Waals surface area contributed by atoms with Gasteiger partial charge in [-0.15, -0.1) is 0 Å². The van der Waals surface area contributed by atoms with Gasteiger partial charge in [-0.25, -0.2) is 9.97 Å². The van der Waals surface area contributed by atoms with Gasteiger partial charge in [0.25, 0.3) is 0 Å². The second-order valence-corrected chi connectivity index (χ2v) is 4.95. The molecule has 94 valence electrons. The number of rotatable bonds is 4. The Labute approximate surface area is 114 Å². The number of hydrogen-bond donors (Lipinski definition) is 1. The fourth-order valence-corrected chi connectivity index (χ4v) is 1.63. The molecule has 1 unspecified atom stereocenters. The molecule has 0 saturated heterocycles. The Hall–Kier alpha value is -1.46. The maximum Gasteiger partial charge on any atom is 0.159 e. The largest absolute Gasteiger partial charge is 0.489 e. The minimum atomic E-state index is -0.00356. The summed E-state index contributed by atoms with van der Waals surface area (Å²) in [4.78, 5) is 8.53. The highest BCUT2D eigenvalue weighted by atomic mass is 79.9. The van der Waals surface area contributed by atoms with Crippen LogP contribution < -0.4 is 10.5 Å². The van der Waals surface area contributed by atoms with Gasteiger partial charge in [0.2, 0.25) is 0 Å². The fourth-order valence-electron chi connectivity index (χ4n) is 1.37. The molecule has 0 amide bonds. The first kappa shape index (κ1) is 13.0. The molecule has 2 rings (SSSR count). The van der Waals surface area contributed by atoms with Gasteiger partial charge in [-0.2, -0.15) is 0 Å². The van der Waals surface area contributed by atoms with Gasteiger partial charge in [-0.1, -0.05) is 28.1 Å². The second-order valence-electron chi connectivity index (χ2n) is 4.04. The predicted octanol–water partition coefficient (Wildman–Crippen LogP) is 2.63. The molecule has 1 atom stereocenters. The van der Waals surface area contributed by atoms with Crippen LogP contribution in [0.2, 0.25) is 0 Å². The quantitative estimate of drug-likeness (QED) is 0.943. The zero-order valence-corrected chi connectivity index (χ0v) is 11.6. The van der Waals surface area contributed by atoms with Crippen LogP contribution in [0.1, 0.15) is 6.92 Å². The normalized spacial score (nSPS) is 12.2. The highest BCUT2D eigenvalue weighted by molar-refractivity contribution is 9.10. The van der Waals surface area contributed by atoms with E-state index in [1.54, 1.807) is 12.4 Å². The van der Waals surface area contributed by atoms with E-state index < -0.39 is 0 Å². The molecule has 0 aliphatic heterocycles. The molecule has 0 saturated carbocycles. The van der Waals surface area contributed by atoms with Crippen LogP contribution in [-0.2, 0) is 0 Å². The molecular weight excluding hydrogens is 294 g/mol. The van der Waals surface area contributed by atoms with Crippen LogP contribution in [0, 0.1) is 0 Å². The molecule has 0 aliphatic carbocycles. The van der Waals surface area contributed by atoms with Crippen LogP contribution in [-0.4, -0.2) is 22.6 Å². The topological polar surface area (TPSA) is 61.0 Å². The van der Waals surface area contributed by atoms with E-state index in [0.29, 0.717) is 18.2 Å². The molecule has 0 bridgehead atoms. The van der Waals surface area contributed by atoms with E-state index >= 15 is 0 Å². The molecule has 18 heavy (non-hydrogen) atoms. The van der Waals surface area contributed by atoms with Crippen LogP contribution in [0.4, 0.5) is 0 Å². The molecule has 0 spiro atoms. The van der Waals surface area contributed by atoms with Crippen LogP contribution >= 0.6 is 15.9 Å². The Bertz CT molecular complexity index is 497. The van der Waals surface area contributed by atoms with E-state index in [4.69, 9.17) is 10.5 Å². The van der Waals surface area contributed by atoms with E-state index in [9.17, 15) is 0 Å². The van der Waals surface area contributed by atoms with Crippen molar-refractivity contribution in [2.45, 2.75) is 13.0 Å². The fraction of sp³-hybridized carbons (Fsp3) is 0.231. The molecule has 1 heterocycles. The molecule has 0 aliphatic rings. The Morgan fingerprint density at radius 1 is 1.22 bits per heavy atom. The Kier molecular flexibility index (Phi) is 4.28. The highest BCUT2D eigenvalue weighted by Gasteiger charge is 2.02. The van der Waals surface area contributed by atoms with Gasteiger partial charge < -0.3 is 10.5 Å². The molecule has 5 heteroatoms. The third kappa shape index (κ3) is 3.51. The van der Waals surface area contributed by atoms with Crippen molar-refractivity contribution in [1.29, 1.82) is 0 Å². The number of halogens is 1. The van der Waals surface area contributed by atoms with Crippen LogP contribution in [0.5, 0.6) is 5.75 Å². The van der Waals surface area contributed by atoms with Crippen molar-refractivity contribution in [3.05, 3.63) is 41.1 Å². The molecular formula is C13H14BrN3O. The third-order valence-corrected chi connectivity index (χ3v) is 2.77. The van der Waals surface area contributed by atoms with E-state index in [1.165, 1.54) is 0 Å². The maximum atomic E-state index is 5.61. The molecule has 1 aromatic carbocycles. The van der Waals surface area contributed by atoms with Crippen molar-refractivity contribution in [2.75, 3.05) is 6.61 Å². The van der Waals surface area contributed by atoms with Crippen LogP contribution in [0.25, 0.3) is 11.4 Å². The smallest absolute Gasteiger partial charge is 0.159 e. The van der Waals surface area contributed by atoms with E-state index in [2.05, 4.69) is 25.9 Å². The minimum absolute atomic E-state index is 0.00356. The number of benzene rings is 1. The first-order valence-electron chi connectivity index (χ1n) is 5.61. The van der Waals surface area contributed by atoms with Crippen molar-refractivity contribution in [2.24, 2.45) is 5.73 Å². The Morgan fingerprint density at radius 3 is 2.39 bits per heavy atom. The van der Waals surface area contributed by atoms with Crippen LogP contribution in [0.15, 0.2) is 41.1 Å². The Morgan fingerprint density at radius 2 is 1.83 bits per heavy atom. The summed E-state index contributed by atoms with van der Waals surface area (Å²) in [6.07, 6.45) is 3.32. The van der Waals surface area contributed by atoms with E-state index in [1.807, 2.05) is 31.2 Å². The zero-order valence-electron chi connectivity index (χ0n) is 10.0. The minimum Gasteiger partial charge on any atom is -0.489 e. The standard InChI is InChI=1S/C13H14BrN3O/c1-9(15)8-18-12-6-16-13(17-7-12)10-2-4-11(14)5-3-10/h2-7,9H,8,15H2,1H3. The second kappa shape index (κ2) is 5.93. The average Bonchev–Trinajstić information content (AvgIpc) is 2.38. The first-order chi connectivity index (χ1) is 8.65. The summed E-state index contributed by atoms with van der Waals surface area (Å²) in [6, 6.07) is 7.83. The summed E-state index contributed by atoms with van der Waals surface area (Å²) in [5, 5.41) is 0. The predicted molar refractivity (Wildman–Crippen MR) is 74.3 cm³/mol. The summed E-state index contributed by atoms with van der Waals surface area (Å²) < 4.78 is 6.45. The molecule has 0 radical (unpaired) electrons. The van der Waals surface area contributed by atoms with Gasteiger partial charge in [-0.05, 0) is 19.1 Å². The lowest BCUT2D eigenvalue weighted by Gasteiger charge is -2.08. The zero-order chi connectivity index (χ0) is 13.0. The summed E-state index contributed by atoms with van der Waals surface area (Å²) >= 11 is 3.39. The SMILES string of the molecule is CC(N)COc1cnc(-c2ccc(Br)cc2)nc1. The van der Waals surface area contributed by atoms with Gasteiger partial charge in [0.05, 0.1) is 12.4 Å². The molecule has 2 N–H and O–H groups in total. The van der Waals surface area contributed by atoms with Crippen molar-refractivity contribution < 1.29 is 4.74 Å². The average molecular weight is 308 g/mol. The Balaban J connectivity index is 2.09. The lowest BCUT2D eigenvalue weighted by Crippen LogP contribution is -2.23. The van der Waals surface area contributed by atoms with E-state index in [0.717, 1.165) is 10.0 Å².